The van der Waals surface area contributed by atoms with Crippen molar-refractivity contribution in [3.05, 3.63) is 0 Å². The predicted octanol–water partition coefficient (Wildman–Crippen LogP) is 4.02. The molecule has 0 unspecified atom stereocenters. The van der Waals surface area contributed by atoms with Gasteiger partial charge in [0.05, 0.1) is 12.2 Å². The van der Waals surface area contributed by atoms with Gasteiger partial charge in [0.1, 0.15) is 0 Å². The Morgan fingerprint density at radius 3 is 1.79 bits per heavy atom. The van der Waals surface area contributed by atoms with Crippen LogP contribution in [0.4, 0.5) is 0 Å². The van der Waals surface area contributed by atoms with E-state index in [-0.39, 0.29) is 5.60 Å². The standard InChI is InChI=1S/C13H26O/c1-11(2,3)9-13(7-8-13)10-14-12(4,5)6/h7-10H2,1-6H3. The Hall–Kier alpha value is -0.0400. The van der Waals surface area contributed by atoms with Crippen LogP contribution in [0.25, 0.3) is 0 Å². The van der Waals surface area contributed by atoms with E-state index >= 15 is 0 Å². The summed E-state index contributed by atoms with van der Waals surface area (Å²) in [7, 11) is 0. The van der Waals surface area contributed by atoms with Crippen molar-refractivity contribution in [1.82, 2.24) is 0 Å². The van der Waals surface area contributed by atoms with E-state index in [4.69, 9.17) is 4.74 Å². The van der Waals surface area contributed by atoms with E-state index in [0.29, 0.717) is 10.8 Å². The first kappa shape index (κ1) is 12.0. The van der Waals surface area contributed by atoms with Crippen molar-refractivity contribution >= 4 is 0 Å². The first-order valence-corrected chi connectivity index (χ1v) is 5.76. The molecule has 1 aliphatic rings. The van der Waals surface area contributed by atoms with Gasteiger partial charge >= 0.3 is 0 Å². The summed E-state index contributed by atoms with van der Waals surface area (Å²) < 4.78 is 5.90. The minimum absolute atomic E-state index is 0.0213. The minimum Gasteiger partial charge on any atom is -0.375 e. The average molecular weight is 198 g/mol. The molecule has 0 aromatic rings. The van der Waals surface area contributed by atoms with Crippen LogP contribution in [0.5, 0.6) is 0 Å². The van der Waals surface area contributed by atoms with Crippen LogP contribution in [0, 0.1) is 10.8 Å². The molecule has 0 heterocycles. The summed E-state index contributed by atoms with van der Waals surface area (Å²) in [6.45, 7) is 14.3. The van der Waals surface area contributed by atoms with Crippen LogP contribution in [0.3, 0.4) is 0 Å². The summed E-state index contributed by atoms with van der Waals surface area (Å²) in [5.41, 5.74) is 0.983. The molecule has 0 amide bonds. The Morgan fingerprint density at radius 1 is 1.00 bits per heavy atom. The zero-order valence-electron chi connectivity index (χ0n) is 10.7. The third-order valence-corrected chi connectivity index (χ3v) is 2.67. The monoisotopic (exact) mass is 198 g/mol. The zero-order chi connectivity index (χ0) is 11.0. The van der Waals surface area contributed by atoms with Crippen molar-refractivity contribution in [2.24, 2.45) is 10.8 Å². The summed E-state index contributed by atoms with van der Waals surface area (Å²) in [4.78, 5) is 0. The maximum absolute atomic E-state index is 5.90. The summed E-state index contributed by atoms with van der Waals surface area (Å²) in [6.07, 6.45) is 4.02. The third kappa shape index (κ3) is 4.45. The van der Waals surface area contributed by atoms with E-state index in [2.05, 4.69) is 41.5 Å². The number of hydrogen-bond donors (Lipinski definition) is 0. The number of rotatable bonds is 3. The lowest BCUT2D eigenvalue weighted by Gasteiger charge is -2.29. The molecule has 0 radical (unpaired) electrons. The highest BCUT2D eigenvalue weighted by atomic mass is 16.5. The molecule has 1 fully saturated rings. The number of hydrogen-bond acceptors (Lipinski definition) is 1. The van der Waals surface area contributed by atoms with Crippen molar-refractivity contribution in [2.75, 3.05) is 6.61 Å². The molecule has 0 aliphatic heterocycles. The SMILES string of the molecule is CC(C)(C)CC1(COC(C)(C)C)CC1. The Kier molecular flexibility index (Phi) is 3.02. The largest absolute Gasteiger partial charge is 0.375 e. The second kappa shape index (κ2) is 3.52. The average Bonchev–Trinajstić information content (AvgIpc) is 2.60. The van der Waals surface area contributed by atoms with Crippen molar-refractivity contribution in [2.45, 2.75) is 66.4 Å². The normalized spacial score (nSPS) is 21.0. The van der Waals surface area contributed by atoms with Gasteiger partial charge in [-0.05, 0) is 50.9 Å². The van der Waals surface area contributed by atoms with Crippen molar-refractivity contribution < 1.29 is 4.74 Å². The summed E-state index contributed by atoms with van der Waals surface area (Å²) >= 11 is 0. The molecule has 0 N–H and O–H groups in total. The lowest BCUT2D eigenvalue weighted by molar-refractivity contribution is -0.0348. The van der Waals surface area contributed by atoms with E-state index in [9.17, 15) is 0 Å². The van der Waals surface area contributed by atoms with Gasteiger partial charge in [-0.2, -0.15) is 0 Å². The van der Waals surface area contributed by atoms with E-state index in [0.717, 1.165) is 6.61 Å². The van der Waals surface area contributed by atoms with Gasteiger partial charge in [-0.1, -0.05) is 20.8 Å². The van der Waals surface area contributed by atoms with Crippen LogP contribution in [0.2, 0.25) is 0 Å². The van der Waals surface area contributed by atoms with E-state index < -0.39 is 0 Å². The van der Waals surface area contributed by atoms with Gasteiger partial charge in [-0.25, -0.2) is 0 Å². The second-order valence-corrected chi connectivity index (χ2v) is 7.14. The zero-order valence-corrected chi connectivity index (χ0v) is 10.7. The lowest BCUT2D eigenvalue weighted by atomic mass is 9.83. The highest BCUT2D eigenvalue weighted by molar-refractivity contribution is 4.96. The molecule has 0 aromatic carbocycles. The minimum atomic E-state index is 0.0213. The lowest BCUT2D eigenvalue weighted by Crippen LogP contribution is -2.26. The van der Waals surface area contributed by atoms with Crippen molar-refractivity contribution in [3.8, 4) is 0 Å². The fraction of sp³-hybridized carbons (Fsp3) is 1.00. The van der Waals surface area contributed by atoms with E-state index in [1.807, 2.05) is 0 Å². The fourth-order valence-electron chi connectivity index (χ4n) is 2.04. The molecule has 1 heteroatoms. The summed E-state index contributed by atoms with van der Waals surface area (Å²) in [6, 6.07) is 0. The van der Waals surface area contributed by atoms with Gasteiger partial charge in [0, 0.05) is 0 Å². The molecule has 0 aromatic heterocycles. The van der Waals surface area contributed by atoms with Crippen molar-refractivity contribution in [3.63, 3.8) is 0 Å². The maximum Gasteiger partial charge on any atom is 0.0598 e. The molecule has 1 nitrogen and oxygen atoms in total. The molecule has 14 heavy (non-hydrogen) atoms. The van der Waals surface area contributed by atoms with Gasteiger partial charge in [0.15, 0.2) is 0 Å². The Bertz CT molecular complexity index is 188. The number of ether oxygens (including phenoxy) is 1. The molecule has 0 atom stereocenters. The van der Waals surface area contributed by atoms with Crippen LogP contribution in [0.1, 0.15) is 60.8 Å². The molecule has 84 valence electrons. The van der Waals surface area contributed by atoms with Gasteiger partial charge < -0.3 is 4.74 Å². The molecule has 1 aliphatic carbocycles. The van der Waals surface area contributed by atoms with Crippen molar-refractivity contribution in [1.29, 1.82) is 0 Å². The Morgan fingerprint density at radius 2 is 1.50 bits per heavy atom. The second-order valence-electron chi connectivity index (χ2n) is 7.14. The van der Waals surface area contributed by atoms with Gasteiger partial charge in [0.2, 0.25) is 0 Å². The maximum atomic E-state index is 5.90. The van der Waals surface area contributed by atoms with Crippen LogP contribution < -0.4 is 0 Å². The molecule has 0 spiro atoms. The van der Waals surface area contributed by atoms with E-state index in [1.54, 1.807) is 0 Å². The molecule has 0 saturated heterocycles. The van der Waals surface area contributed by atoms with Crippen LogP contribution in [-0.2, 0) is 4.74 Å². The highest BCUT2D eigenvalue weighted by Crippen LogP contribution is 2.53. The summed E-state index contributed by atoms with van der Waals surface area (Å²) in [5, 5.41) is 0. The topological polar surface area (TPSA) is 9.23 Å². The molecule has 1 rings (SSSR count). The first-order chi connectivity index (χ1) is 6.12. The van der Waals surface area contributed by atoms with Gasteiger partial charge in [0.25, 0.3) is 0 Å². The predicted molar refractivity (Wildman–Crippen MR) is 61.4 cm³/mol. The summed E-state index contributed by atoms with van der Waals surface area (Å²) in [5.74, 6) is 0. The first-order valence-electron chi connectivity index (χ1n) is 5.76. The molecule has 1 saturated carbocycles. The van der Waals surface area contributed by atoms with Crippen LogP contribution in [-0.4, -0.2) is 12.2 Å². The van der Waals surface area contributed by atoms with E-state index in [1.165, 1.54) is 19.3 Å². The quantitative estimate of drug-likeness (QED) is 0.665. The fourth-order valence-corrected chi connectivity index (χ4v) is 2.04. The molecular formula is C13H26O. The van der Waals surface area contributed by atoms with Gasteiger partial charge in [-0.15, -0.1) is 0 Å². The van der Waals surface area contributed by atoms with Crippen LogP contribution in [0.15, 0.2) is 0 Å². The molecular weight excluding hydrogens is 172 g/mol. The Labute approximate surface area is 89.2 Å². The van der Waals surface area contributed by atoms with Gasteiger partial charge in [-0.3, -0.25) is 0 Å². The Balaban J connectivity index is 2.37. The smallest absolute Gasteiger partial charge is 0.0598 e. The third-order valence-electron chi connectivity index (χ3n) is 2.67. The molecule has 0 bridgehead atoms. The highest BCUT2D eigenvalue weighted by Gasteiger charge is 2.45. The van der Waals surface area contributed by atoms with Crippen LogP contribution >= 0.6 is 0 Å².